The van der Waals surface area contributed by atoms with Crippen LogP contribution in [-0.4, -0.2) is 36.3 Å². The molecule has 0 aliphatic rings. The number of rotatable bonds is 6. The van der Waals surface area contributed by atoms with Crippen LogP contribution in [0.25, 0.3) is 22.5 Å². The molecule has 2 aromatic heterocycles. The molecule has 0 aliphatic heterocycles. The summed E-state index contributed by atoms with van der Waals surface area (Å²) < 4.78 is 1.80. The zero-order valence-corrected chi connectivity index (χ0v) is 17.6. The van der Waals surface area contributed by atoms with Crippen LogP contribution in [0.4, 0.5) is 0 Å². The maximum absolute atomic E-state index is 11.8. The Labute approximate surface area is 177 Å². The van der Waals surface area contributed by atoms with E-state index in [-0.39, 0.29) is 5.91 Å². The van der Waals surface area contributed by atoms with Gasteiger partial charge in [0.05, 0.1) is 6.54 Å². The Morgan fingerprint density at radius 2 is 1.87 bits per heavy atom. The van der Waals surface area contributed by atoms with Gasteiger partial charge >= 0.3 is 0 Å². The molecule has 0 bridgehead atoms. The minimum atomic E-state index is -0.136. The van der Waals surface area contributed by atoms with E-state index in [2.05, 4.69) is 55.0 Å². The number of aromatic amines is 1. The third-order valence-electron chi connectivity index (χ3n) is 4.60. The first-order chi connectivity index (χ1) is 14.7. The molecule has 0 saturated heterocycles. The van der Waals surface area contributed by atoms with Crippen LogP contribution in [0.15, 0.2) is 53.5 Å². The van der Waals surface area contributed by atoms with E-state index in [1.807, 2.05) is 38.1 Å². The molecule has 0 unspecified atom stereocenters. The molecule has 4 rings (SSSR count). The minimum absolute atomic E-state index is 0.136. The van der Waals surface area contributed by atoms with E-state index >= 15 is 0 Å². The Bertz CT molecular complexity index is 1210. The molecule has 2 heterocycles. The van der Waals surface area contributed by atoms with Crippen molar-refractivity contribution >= 4 is 17.2 Å². The SMILES string of the molecule is CCC(=O)N=c1sc(CC)nn1Cc1ccc(-c2ccccc2-c2nn[nH]n2)cc1. The molecule has 4 aromatic rings. The van der Waals surface area contributed by atoms with Crippen molar-refractivity contribution in [2.75, 3.05) is 0 Å². The van der Waals surface area contributed by atoms with E-state index in [1.54, 1.807) is 4.68 Å². The lowest BCUT2D eigenvalue weighted by Crippen LogP contribution is -2.19. The summed E-state index contributed by atoms with van der Waals surface area (Å²) in [7, 11) is 0. The molecule has 0 atom stereocenters. The number of tetrazole rings is 1. The van der Waals surface area contributed by atoms with Crippen molar-refractivity contribution in [1.29, 1.82) is 0 Å². The highest BCUT2D eigenvalue weighted by molar-refractivity contribution is 7.08. The van der Waals surface area contributed by atoms with Crippen molar-refractivity contribution in [3.8, 4) is 22.5 Å². The van der Waals surface area contributed by atoms with Crippen LogP contribution in [0.2, 0.25) is 0 Å². The van der Waals surface area contributed by atoms with Crippen molar-refractivity contribution in [2.45, 2.75) is 33.2 Å². The van der Waals surface area contributed by atoms with E-state index < -0.39 is 0 Å². The fraction of sp³-hybridized carbons (Fsp3) is 0.238. The monoisotopic (exact) mass is 419 g/mol. The second-order valence-electron chi connectivity index (χ2n) is 6.63. The van der Waals surface area contributed by atoms with Gasteiger partial charge in [0, 0.05) is 12.0 Å². The maximum Gasteiger partial charge on any atom is 0.248 e. The topological polar surface area (TPSA) is 102 Å². The molecule has 0 saturated carbocycles. The van der Waals surface area contributed by atoms with Crippen molar-refractivity contribution in [3.63, 3.8) is 0 Å². The summed E-state index contributed by atoms with van der Waals surface area (Å²) in [5.74, 6) is 0.426. The predicted molar refractivity (Wildman–Crippen MR) is 114 cm³/mol. The fourth-order valence-corrected chi connectivity index (χ4v) is 3.89. The lowest BCUT2D eigenvalue weighted by atomic mass is 9.98. The van der Waals surface area contributed by atoms with Crippen LogP contribution in [0.5, 0.6) is 0 Å². The summed E-state index contributed by atoms with van der Waals surface area (Å²) >= 11 is 1.46. The van der Waals surface area contributed by atoms with Crippen molar-refractivity contribution < 1.29 is 4.79 Å². The van der Waals surface area contributed by atoms with Crippen molar-refractivity contribution in [3.05, 3.63) is 63.9 Å². The van der Waals surface area contributed by atoms with Crippen LogP contribution in [0.1, 0.15) is 30.8 Å². The van der Waals surface area contributed by atoms with E-state index in [0.29, 0.717) is 23.6 Å². The van der Waals surface area contributed by atoms with E-state index in [4.69, 9.17) is 0 Å². The van der Waals surface area contributed by atoms with Crippen LogP contribution < -0.4 is 4.80 Å². The largest absolute Gasteiger partial charge is 0.273 e. The van der Waals surface area contributed by atoms with Crippen molar-refractivity contribution in [1.82, 2.24) is 30.4 Å². The van der Waals surface area contributed by atoms with Crippen LogP contribution >= 0.6 is 11.3 Å². The van der Waals surface area contributed by atoms with Gasteiger partial charge in [-0.15, -0.1) is 10.2 Å². The lowest BCUT2D eigenvalue weighted by molar-refractivity contribution is -0.117. The smallest absolute Gasteiger partial charge is 0.248 e. The van der Waals surface area contributed by atoms with Gasteiger partial charge in [0.1, 0.15) is 5.01 Å². The molecule has 9 heteroatoms. The normalized spacial score (nSPS) is 11.7. The Hall–Kier alpha value is -3.46. The van der Waals surface area contributed by atoms with Gasteiger partial charge in [-0.2, -0.15) is 15.3 Å². The molecular weight excluding hydrogens is 398 g/mol. The third-order valence-corrected chi connectivity index (χ3v) is 5.69. The molecule has 2 aromatic carbocycles. The summed E-state index contributed by atoms with van der Waals surface area (Å²) in [5.41, 5.74) is 4.08. The van der Waals surface area contributed by atoms with E-state index in [0.717, 1.165) is 33.7 Å². The Morgan fingerprint density at radius 3 is 2.53 bits per heavy atom. The van der Waals surface area contributed by atoms with Gasteiger partial charge in [0.15, 0.2) is 0 Å². The van der Waals surface area contributed by atoms with E-state index in [9.17, 15) is 4.79 Å². The number of nitrogens with one attached hydrogen (secondary N) is 1. The quantitative estimate of drug-likeness (QED) is 0.517. The van der Waals surface area contributed by atoms with Gasteiger partial charge in [-0.05, 0) is 28.3 Å². The number of aromatic nitrogens is 6. The fourth-order valence-electron chi connectivity index (χ4n) is 3.04. The highest BCUT2D eigenvalue weighted by Gasteiger charge is 2.11. The van der Waals surface area contributed by atoms with Crippen LogP contribution in [-0.2, 0) is 17.8 Å². The molecule has 1 amide bonds. The second-order valence-corrected chi connectivity index (χ2v) is 7.67. The number of benzene rings is 2. The summed E-state index contributed by atoms with van der Waals surface area (Å²) in [5, 5.41) is 19.9. The molecule has 152 valence electrons. The average Bonchev–Trinajstić information content (AvgIpc) is 3.45. The summed E-state index contributed by atoms with van der Waals surface area (Å²) in [6.07, 6.45) is 1.19. The predicted octanol–water partition coefficient (Wildman–Crippen LogP) is 3.24. The zero-order valence-electron chi connectivity index (χ0n) is 16.7. The van der Waals surface area contributed by atoms with Crippen LogP contribution in [0, 0.1) is 0 Å². The second kappa shape index (κ2) is 8.91. The number of carbonyl (C=O) groups excluding carboxylic acids is 1. The maximum atomic E-state index is 11.8. The Kier molecular flexibility index (Phi) is 5.89. The number of H-pyrrole nitrogens is 1. The molecule has 0 aliphatic carbocycles. The molecule has 30 heavy (non-hydrogen) atoms. The first-order valence-electron chi connectivity index (χ1n) is 9.74. The number of amides is 1. The molecule has 8 nitrogen and oxygen atoms in total. The van der Waals surface area contributed by atoms with E-state index in [1.165, 1.54) is 11.3 Å². The van der Waals surface area contributed by atoms with Gasteiger partial charge in [-0.3, -0.25) is 4.79 Å². The Balaban J connectivity index is 1.63. The lowest BCUT2D eigenvalue weighted by Gasteiger charge is -2.08. The molecule has 0 radical (unpaired) electrons. The van der Waals surface area contributed by atoms with Gasteiger partial charge in [-0.25, -0.2) is 4.68 Å². The molecular formula is C21H21N7OS. The van der Waals surface area contributed by atoms with Gasteiger partial charge in [0.25, 0.3) is 0 Å². The minimum Gasteiger partial charge on any atom is -0.273 e. The zero-order chi connectivity index (χ0) is 20.9. The third kappa shape index (κ3) is 4.25. The number of hydrogen-bond acceptors (Lipinski definition) is 6. The van der Waals surface area contributed by atoms with Gasteiger partial charge in [-0.1, -0.05) is 73.7 Å². The van der Waals surface area contributed by atoms with Gasteiger partial charge in [0.2, 0.25) is 16.5 Å². The number of aryl methyl sites for hydroxylation is 1. The molecule has 1 N–H and O–H groups in total. The number of hydrogen-bond donors (Lipinski definition) is 1. The van der Waals surface area contributed by atoms with Crippen LogP contribution in [0.3, 0.4) is 0 Å². The summed E-state index contributed by atoms with van der Waals surface area (Å²) in [4.78, 5) is 16.6. The highest BCUT2D eigenvalue weighted by Crippen LogP contribution is 2.29. The average molecular weight is 420 g/mol. The first kappa shape index (κ1) is 19.8. The van der Waals surface area contributed by atoms with Gasteiger partial charge < -0.3 is 0 Å². The first-order valence-corrected chi connectivity index (χ1v) is 10.6. The molecule has 0 fully saturated rings. The Morgan fingerprint density at radius 1 is 1.10 bits per heavy atom. The summed E-state index contributed by atoms with van der Waals surface area (Å²) in [6, 6.07) is 16.2. The number of carbonyl (C=O) groups is 1. The van der Waals surface area contributed by atoms with Crippen molar-refractivity contribution in [2.24, 2.45) is 4.99 Å². The summed E-state index contributed by atoms with van der Waals surface area (Å²) in [6.45, 7) is 4.41. The number of nitrogens with zero attached hydrogens (tertiary/aromatic N) is 6. The highest BCUT2D eigenvalue weighted by atomic mass is 32.1. The molecule has 0 spiro atoms. The standard InChI is InChI=1S/C21H21N7OS/c1-3-18(29)22-21-28(25-19(4-2)30-21)13-14-9-11-15(12-10-14)16-7-5-6-8-17(16)20-23-26-27-24-20/h5-12H,3-4,13H2,1-2H3,(H,23,24,26,27).